The van der Waals surface area contributed by atoms with Crippen LogP contribution in [0.5, 0.6) is 0 Å². The number of hydrogen-bond donors (Lipinski definition) is 1. The molecule has 4 nitrogen and oxygen atoms in total. The molecule has 0 aromatic carbocycles. The lowest BCUT2D eigenvalue weighted by atomic mass is 10.0. The van der Waals surface area contributed by atoms with E-state index in [9.17, 15) is 0 Å². The van der Waals surface area contributed by atoms with E-state index in [1.807, 2.05) is 0 Å². The SMILES string of the molecule is CC(C)N1CCC(NCC2COCCO2)CC1. The summed E-state index contributed by atoms with van der Waals surface area (Å²) in [5.41, 5.74) is 0. The first-order chi connectivity index (χ1) is 8.25. The van der Waals surface area contributed by atoms with Crippen LogP contribution in [0.3, 0.4) is 0 Å². The van der Waals surface area contributed by atoms with Crippen molar-refractivity contribution in [3.05, 3.63) is 0 Å². The van der Waals surface area contributed by atoms with E-state index in [-0.39, 0.29) is 6.10 Å². The molecule has 1 N–H and O–H groups in total. The molecule has 2 aliphatic heterocycles. The maximum Gasteiger partial charge on any atom is 0.0933 e. The Kier molecular flexibility index (Phi) is 5.22. The second kappa shape index (κ2) is 6.69. The van der Waals surface area contributed by atoms with Gasteiger partial charge in [-0.3, -0.25) is 0 Å². The predicted molar refractivity (Wildman–Crippen MR) is 68.3 cm³/mol. The Morgan fingerprint density at radius 3 is 2.59 bits per heavy atom. The molecule has 17 heavy (non-hydrogen) atoms. The summed E-state index contributed by atoms with van der Waals surface area (Å²) in [5.74, 6) is 0. The van der Waals surface area contributed by atoms with E-state index in [2.05, 4.69) is 24.1 Å². The zero-order chi connectivity index (χ0) is 12.1. The Hall–Kier alpha value is -0.160. The van der Waals surface area contributed by atoms with E-state index in [1.165, 1.54) is 25.9 Å². The third-order valence-electron chi connectivity index (χ3n) is 3.78. The van der Waals surface area contributed by atoms with E-state index < -0.39 is 0 Å². The molecule has 0 aliphatic carbocycles. The van der Waals surface area contributed by atoms with Crippen LogP contribution in [0.25, 0.3) is 0 Å². The van der Waals surface area contributed by atoms with Gasteiger partial charge in [-0.05, 0) is 39.8 Å². The van der Waals surface area contributed by atoms with Gasteiger partial charge < -0.3 is 19.7 Å². The van der Waals surface area contributed by atoms with Crippen LogP contribution in [0.2, 0.25) is 0 Å². The number of hydrogen-bond acceptors (Lipinski definition) is 4. The number of rotatable bonds is 4. The Balaban J connectivity index is 1.61. The number of piperidine rings is 1. The lowest BCUT2D eigenvalue weighted by molar-refractivity contribution is -0.0874. The van der Waals surface area contributed by atoms with Crippen molar-refractivity contribution in [2.75, 3.05) is 39.5 Å². The molecule has 0 aromatic heterocycles. The second-order valence-electron chi connectivity index (χ2n) is 5.38. The highest BCUT2D eigenvalue weighted by Crippen LogP contribution is 2.13. The molecule has 0 amide bonds. The molecule has 2 fully saturated rings. The Morgan fingerprint density at radius 1 is 1.24 bits per heavy atom. The predicted octanol–water partition coefficient (Wildman–Crippen LogP) is 0.864. The van der Waals surface area contributed by atoms with Crippen LogP contribution in [0.15, 0.2) is 0 Å². The van der Waals surface area contributed by atoms with E-state index >= 15 is 0 Å². The lowest BCUT2D eigenvalue weighted by Gasteiger charge is -2.35. The molecular formula is C13H26N2O2. The van der Waals surface area contributed by atoms with E-state index in [0.29, 0.717) is 12.1 Å². The molecule has 1 atom stereocenters. The van der Waals surface area contributed by atoms with Gasteiger partial charge in [0.25, 0.3) is 0 Å². The molecule has 0 radical (unpaired) electrons. The molecule has 0 aromatic rings. The third kappa shape index (κ3) is 4.21. The summed E-state index contributed by atoms with van der Waals surface area (Å²) in [6, 6.07) is 1.35. The first-order valence-electron chi connectivity index (χ1n) is 6.92. The fraction of sp³-hybridized carbons (Fsp3) is 1.00. The van der Waals surface area contributed by atoms with Gasteiger partial charge in [-0.15, -0.1) is 0 Å². The van der Waals surface area contributed by atoms with Crippen LogP contribution in [0, 0.1) is 0 Å². The smallest absolute Gasteiger partial charge is 0.0933 e. The van der Waals surface area contributed by atoms with E-state index in [1.54, 1.807) is 0 Å². The van der Waals surface area contributed by atoms with E-state index in [4.69, 9.17) is 9.47 Å². The van der Waals surface area contributed by atoms with Gasteiger partial charge in [0.2, 0.25) is 0 Å². The highest BCUT2D eigenvalue weighted by atomic mass is 16.6. The summed E-state index contributed by atoms with van der Waals surface area (Å²) in [4.78, 5) is 2.55. The second-order valence-corrected chi connectivity index (χ2v) is 5.38. The van der Waals surface area contributed by atoms with Crippen LogP contribution in [0.4, 0.5) is 0 Å². The van der Waals surface area contributed by atoms with Crippen molar-refractivity contribution >= 4 is 0 Å². The molecule has 100 valence electrons. The van der Waals surface area contributed by atoms with Gasteiger partial charge in [-0.1, -0.05) is 0 Å². The minimum absolute atomic E-state index is 0.256. The molecular weight excluding hydrogens is 216 g/mol. The quantitative estimate of drug-likeness (QED) is 0.793. The Morgan fingerprint density at radius 2 is 2.00 bits per heavy atom. The minimum atomic E-state index is 0.256. The van der Waals surface area contributed by atoms with Crippen molar-refractivity contribution in [1.82, 2.24) is 10.2 Å². The first-order valence-corrected chi connectivity index (χ1v) is 6.92. The summed E-state index contributed by atoms with van der Waals surface area (Å²) in [6.45, 7) is 10.2. The van der Waals surface area contributed by atoms with Crippen molar-refractivity contribution in [3.8, 4) is 0 Å². The van der Waals surface area contributed by atoms with Gasteiger partial charge in [-0.2, -0.15) is 0 Å². The normalized spacial score (nSPS) is 28.8. The van der Waals surface area contributed by atoms with Gasteiger partial charge in [0.15, 0.2) is 0 Å². The maximum atomic E-state index is 5.63. The molecule has 2 rings (SSSR count). The number of ether oxygens (including phenoxy) is 2. The summed E-state index contributed by atoms with van der Waals surface area (Å²) in [6.07, 6.45) is 2.77. The minimum Gasteiger partial charge on any atom is -0.376 e. The number of nitrogens with zero attached hydrogens (tertiary/aromatic N) is 1. The summed E-state index contributed by atoms with van der Waals surface area (Å²) in [5, 5.41) is 3.62. The van der Waals surface area contributed by atoms with Crippen molar-refractivity contribution < 1.29 is 9.47 Å². The summed E-state index contributed by atoms with van der Waals surface area (Å²) >= 11 is 0. The number of likely N-dealkylation sites (tertiary alicyclic amines) is 1. The standard InChI is InChI=1S/C13H26N2O2/c1-11(2)15-5-3-12(4-6-15)14-9-13-10-16-7-8-17-13/h11-14H,3-10H2,1-2H3. The zero-order valence-corrected chi connectivity index (χ0v) is 11.2. The fourth-order valence-corrected chi connectivity index (χ4v) is 2.57. The van der Waals surface area contributed by atoms with Crippen molar-refractivity contribution in [2.45, 2.75) is 44.9 Å². The lowest BCUT2D eigenvalue weighted by Crippen LogP contribution is -2.48. The van der Waals surface area contributed by atoms with Crippen LogP contribution >= 0.6 is 0 Å². The molecule has 2 heterocycles. The fourth-order valence-electron chi connectivity index (χ4n) is 2.57. The Bertz CT molecular complexity index is 209. The van der Waals surface area contributed by atoms with Crippen LogP contribution in [0.1, 0.15) is 26.7 Å². The van der Waals surface area contributed by atoms with Crippen LogP contribution < -0.4 is 5.32 Å². The largest absolute Gasteiger partial charge is 0.376 e. The molecule has 0 bridgehead atoms. The number of nitrogens with one attached hydrogen (secondary N) is 1. The average molecular weight is 242 g/mol. The monoisotopic (exact) mass is 242 g/mol. The molecule has 0 saturated carbocycles. The highest BCUT2D eigenvalue weighted by Gasteiger charge is 2.22. The molecule has 4 heteroatoms. The molecule has 1 unspecified atom stereocenters. The van der Waals surface area contributed by atoms with Crippen molar-refractivity contribution in [2.24, 2.45) is 0 Å². The topological polar surface area (TPSA) is 33.7 Å². The maximum absolute atomic E-state index is 5.63. The van der Waals surface area contributed by atoms with Crippen molar-refractivity contribution in [1.29, 1.82) is 0 Å². The summed E-state index contributed by atoms with van der Waals surface area (Å²) < 4.78 is 11.0. The van der Waals surface area contributed by atoms with Crippen LogP contribution in [-0.4, -0.2) is 62.5 Å². The molecule has 0 spiro atoms. The van der Waals surface area contributed by atoms with E-state index in [0.717, 1.165) is 26.4 Å². The van der Waals surface area contributed by atoms with Gasteiger partial charge in [-0.25, -0.2) is 0 Å². The van der Waals surface area contributed by atoms with Gasteiger partial charge in [0.1, 0.15) is 0 Å². The van der Waals surface area contributed by atoms with Gasteiger partial charge in [0.05, 0.1) is 25.9 Å². The van der Waals surface area contributed by atoms with Crippen LogP contribution in [-0.2, 0) is 9.47 Å². The third-order valence-corrected chi connectivity index (χ3v) is 3.78. The molecule has 2 saturated heterocycles. The average Bonchev–Trinajstić information content (AvgIpc) is 2.38. The first kappa shape index (κ1) is 13.3. The summed E-state index contributed by atoms with van der Waals surface area (Å²) in [7, 11) is 0. The highest BCUT2D eigenvalue weighted by molar-refractivity contribution is 4.80. The van der Waals surface area contributed by atoms with Crippen molar-refractivity contribution in [3.63, 3.8) is 0 Å². The Labute approximate surface area is 105 Å². The van der Waals surface area contributed by atoms with Gasteiger partial charge in [0, 0.05) is 18.6 Å². The molecule has 2 aliphatic rings. The zero-order valence-electron chi connectivity index (χ0n) is 11.2. The van der Waals surface area contributed by atoms with Gasteiger partial charge >= 0.3 is 0 Å².